The molecule has 162 valence electrons. The molecule has 2 aromatic rings. The molecule has 30 heavy (non-hydrogen) atoms. The van der Waals surface area contributed by atoms with Gasteiger partial charge in [0.25, 0.3) is 0 Å². The average Bonchev–Trinajstić information content (AvgIpc) is 2.74. The van der Waals surface area contributed by atoms with Crippen LogP contribution in [0.2, 0.25) is 0 Å². The third kappa shape index (κ3) is 5.63. The summed E-state index contributed by atoms with van der Waals surface area (Å²) >= 11 is 1.62. The van der Waals surface area contributed by atoms with Crippen molar-refractivity contribution in [2.75, 3.05) is 44.3 Å². The molecular weight excluding hydrogens is 418 g/mol. The third-order valence-corrected chi connectivity index (χ3v) is 7.87. The van der Waals surface area contributed by atoms with Gasteiger partial charge in [-0.15, -0.1) is 11.8 Å². The molecule has 0 bridgehead atoms. The minimum atomic E-state index is -3.51. The zero-order valence-corrected chi connectivity index (χ0v) is 19.3. The fraction of sp³-hybridized carbons (Fsp3) is 0.409. The molecule has 1 saturated heterocycles. The Bertz CT molecular complexity index is 967. The van der Waals surface area contributed by atoms with Crippen LogP contribution in [0.15, 0.2) is 58.3 Å². The first-order chi connectivity index (χ1) is 14.3. The minimum absolute atomic E-state index is 0.0890. The fourth-order valence-electron chi connectivity index (χ4n) is 3.41. The molecule has 0 saturated carbocycles. The lowest BCUT2D eigenvalue weighted by Crippen LogP contribution is -2.50. The van der Waals surface area contributed by atoms with Gasteiger partial charge >= 0.3 is 0 Å². The number of piperazine rings is 1. The van der Waals surface area contributed by atoms with Crippen LogP contribution < -0.4 is 5.32 Å². The normalized spacial score (nSPS) is 16.0. The van der Waals surface area contributed by atoms with E-state index in [1.807, 2.05) is 47.6 Å². The van der Waals surface area contributed by atoms with E-state index < -0.39 is 10.0 Å². The van der Waals surface area contributed by atoms with Gasteiger partial charge in [-0.3, -0.25) is 9.69 Å². The quantitative estimate of drug-likeness (QED) is 0.658. The van der Waals surface area contributed by atoms with Crippen molar-refractivity contribution in [3.63, 3.8) is 0 Å². The Hall–Kier alpha value is -1.87. The van der Waals surface area contributed by atoms with Gasteiger partial charge in [0.2, 0.25) is 15.9 Å². The molecule has 0 atom stereocenters. The predicted octanol–water partition coefficient (Wildman–Crippen LogP) is 3.48. The number of hydrogen-bond acceptors (Lipinski definition) is 5. The van der Waals surface area contributed by atoms with E-state index in [1.54, 1.807) is 23.9 Å². The highest BCUT2D eigenvalue weighted by Gasteiger charge is 2.29. The van der Waals surface area contributed by atoms with Gasteiger partial charge in [-0.05, 0) is 48.1 Å². The number of nitrogens with zero attached hydrogens (tertiary/aromatic N) is 2. The molecule has 2 aromatic carbocycles. The largest absolute Gasteiger partial charge is 0.325 e. The molecular formula is C22H29N3O3S2. The lowest BCUT2D eigenvalue weighted by Gasteiger charge is -2.33. The van der Waals surface area contributed by atoms with Gasteiger partial charge < -0.3 is 5.32 Å². The van der Waals surface area contributed by atoms with Crippen LogP contribution in [0, 0.1) is 0 Å². The number of rotatable bonds is 7. The van der Waals surface area contributed by atoms with Gasteiger partial charge in [0.1, 0.15) is 0 Å². The second-order valence-corrected chi connectivity index (χ2v) is 10.5. The maximum atomic E-state index is 12.9. The number of hydrogen-bond donors (Lipinski definition) is 1. The zero-order chi connectivity index (χ0) is 21.7. The Morgan fingerprint density at radius 1 is 1.07 bits per heavy atom. The SMILES string of the molecule is CSc1cccc(NC(=O)CN2CCN(S(=O)(=O)c3ccc(C(C)C)cc3)CC2)c1. The van der Waals surface area contributed by atoms with Crippen molar-refractivity contribution in [1.29, 1.82) is 0 Å². The summed E-state index contributed by atoms with van der Waals surface area (Å²) in [7, 11) is -3.51. The summed E-state index contributed by atoms with van der Waals surface area (Å²) in [6.45, 7) is 6.23. The molecule has 0 radical (unpaired) electrons. The standard InChI is InChI=1S/C22H29N3O3S2/c1-17(2)18-7-9-21(10-8-18)30(27,28)25-13-11-24(12-14-25)16-22(26)23-19-5-4-6-20(15-19)29-3/h4-10,15,17H,11-14,16H2,1-3H3,(H,23,26). The van der Waals surface area contributed by atoms with Gasteiger partial charge in [0, 0.05) is 36.8 Å². The Morgan fingerprint density at radius 2 is 1.73 bits per heavy atom. The minimum Gasteiger partial charge on any atom is -0.325 e. The highest BCUT2D eigenvalue weighted by molar-refractivity contribution is 7.98. The second kappa shape index (κ2) is 9.96. The Kier molecular flexibility index (Phi) is 7.57. The van der Waals surface area contributed by atoms with E-state index in [0.29, 0.717) is 37.0 Å². The van der Waals surface area contributed by atoms with Crippen molar-refractivity contribution in [1.82, 2.24) is 9.21 Å². The van der Waals surface area contributed by atoms with Crippen LogP contribution >= 0.6 is 11.8 Å². The second-order valence-electron chi connectivity index (χ2n) is 7.68. The van der Waals surface area contributed by atoms with Crippen molar-refractivity contribution < 1.29 is 13.2 Å². The molecule has 0 aromatic heterocycles. The number of nitrogens with one attached hydrogen (secondary N) is 1. The summed E-state index contributed by atoms with van der Waals surface area (Å²) in [6.07, 6.45) is 1.99. The van der Waals surface area contributed by atoms with Gasteiger partial charge in [0.15, 0.2) is 0 Å². The highest BCUT2D eigenvalue weighted by atomic mass is 32.2. The third-order valence-electron chi connectivity index (χ3n) is 5.24. The van der Waals surface area contributed by atoms with Crippen LogP contribution in [0.5, 0.6) is 0 Å². The van der Waals surface area contributed by atoms with E-state index in [9.17, 15) is 13.2 Å². The van der Waals surface area contributed by atoms with Crippen molar-refractivity contribution >= 4 is 33.4 Å². The van der Waals surface area contributed by atoms with Crippen molar-refractivity contribution in [3.05, 3.63) is 54.1 Å². The van der Waals surface area contributed by atoms with Gasteiger partial charge in [-0.1, -0.05) is 32.0 Å². The van der Waals surface area contributed by atoms with E-state index >= 15 is 0 Å². The van der Waals surface area contributed by atoms with Crippen molar-refractivity contribution in [3.8, 4) is 0 Å². The number of sulfonamides is 1. The Labute approximate surface area is 183 Å². The smallest absolute Gasteiger partial charge is 0.243 e. The molecule has 0 unspecified atom stereocenters. The van der Waals surface area contributed by atoms with Gasteiger partial charge in [-0.2, -0.15) is 4.31 Å². The van der Waals surface area contributed by atoms with E-state index in [4.69, 9.17) is 0 Å². The topological polar surface area (TPSA) is 69.7 Å². The summed E-state index contributed by atoms with van der Waals surface area (Å²) in [5, 5.41) is 2.92. The maximum Gasteiger partial charge on any atom is 0.243 e. The fourth-order valence-corrected chi connectivity index (χ4v) is 5.29. The molecule has 1 fully saturated rings. The summed E-state index contributed by atoms with van der Waals surface area (Å²) in [5.41, 5.74) is 1.89. The van der Waals surface area contributed by atoms with E-state index in [1.165, 1.54) is 4.31 Å². The number of thioether (sulfide) groups is 1. The van der Waals surface area contributed by atoms with Crippen LogP contribution in [0.1, 0.15) is 25.3 Å². The maximum absolute atomic E-state index is 12.9. The monoisotopic (exact) mass is 447 g/mol. The molecule has 6 nitrogen and oxygen atoms in total. The lowest BCUT2D eigenvalue weighted by atomic mass is 10.0. The van der Waals surface area contributed by atoms with E-state index in [0.717, 1.165) is 16.1 Å². The average molecular weight is 448 g/mol. The predicted molar refractivity (Wildman–Crippen MR) is 123 cm³/mol. The molecule has 1 amide bonds. The number of anilines is 1. The van der Waals surface area contributed by atoms with Crippen molar-refractivity contribution in [2.24, 2.45) is 0 Å². The summed E-state index contributed by atoms with van der Waals surface area (Å²) in [5.74, 6) is 0.272. The van der Waals surface area contributed by atoms with Crippen LogP contribution in [0.3, 0.4) is 0 Å². The van der Waals surface area contributed by atoms with Crippen LogP contribution in [-0.2, 0) is 14.8 Å². The molecule has 0 aliphatic carbocycles. The van der Waals surface area contributed by atoms with E-state index in [-0.39, 0.29) is 12.5 Å². The zero-order valence-electron chi connectivity index (χ0n) is 17.7. The molecule has 0 spiro atoms. The molecule has 8 heteroatoms. The van der Waals surface area contributed by atoms with Crippen LogP contribution in [0.25, 0.3) is 0 Å². The highest BCUT2D eigenvalue weighted by Crippen LogP contribution is 2.22. The molecule has 1 heterocycles. The number of carbonyl (C=O) groups is 1. The Morgan fingerprint density at radius 3 is 2.33 bits per heavy atom. The number of amides is 1. The Balaban J connectivity index is 1.54. The summed E-state index contributed by atoms with van der Waals surface area (Å²) < 4.78 is 27.4. The first-order valence-corrected chi connectivity index (χ1v) is 12.7. The van der Waals surface area contributed by atoms with Crippen molar-refractivity contribution in [2.45, 2.75) is 29.6 Å². The van der Waals surface area contributed by atoms with Crippen LogP contribution in [0.4, 0.5) is 5.69 Å². The molecule has 1 aliphatic heterocycles. The number of carbonyl (C=O) groups excluding carboxylic acids is 1. The lowest BCUT2D eigenvalue weighted by molar-refractivity contribution is -0.117. The van der Waals surface area contributed by atoms with Crippen LogP contribution in [-0.4, -0.2) is 62.5 Å². The summed E-state index contributed by atoms with van der Waals surface area (Å²) in [6, 6.07) is 14.9. The van der Waals surface area contributed by atoms with Gasteiger partial charge in [0.05, 0.1) is 11.4 Å². The first-order valence-electron chi connectivity index (χ1n) is 10.1. The first kappa shape index (κ1) is 22.8. The number of benzene rings is 2. The molecule has 3 rings (SSSR count). The summed E-state index contributed by atoms with van der Waals surface area (Å²) in [4.78, 5) is 15.8. The van der Waals surface area contributed by atoms with Gasteiger partial charge in [-0.25, -0.2) is 8.42 Å². The van der Waals surface area contributed by atoms with E-state index in [2.05, 4.69) is 19.2 Å². The molecule has 1 aliphatic rings. The molecule has 1 N–H and O–H groups in total.